The fourth-order valence-corrected chi connectivity index (χ4v) is 4.25. The van der Waals surface area contributed by atoms with Gasteiger partial charge in [-0.2, -0.15) is 0 Å². The first-order valence-electron chi connectivity index (χ1n) is 9.02. The summed E-state index contributed by atoms with van der Waals surface area (Å²) in [4.78, 5) is 24.8. The van der Waals surface area contributed by atoms with E-state index in [0.717, 1.165) is 0 Å². The first-order valence-corrected chi connectivity index (χ1v) is 9.02. The smallest absolute Gasteiger partial charge is 0.340 e. The number of aliphatic hydroxyl groups excluding tert-OH is 1. The molecular formula is C22H15NO7. The van der Waals surface area contributed by atoms with Crippen molar-refractivity contribution in [2.75, 3.05) is 0 Å². The van der Waals surface area contributed by atoms with Crippen LogP contribution in [0.4, 0.5) is 0 Å². The molecule has 3 aromatic rings. The van der Waals surface area contributed by atoms with Crippen molar-refractivity contribution in [2.45, 2.75) is 12.2 Å². The van der Waals surface area contributed by atoms with E-state index in [1.165, 1.54) is 30.3 Å². The number of esters is 1. The summed E-state index contributed by atoms with van der Waals surface area (Å²) in [5.74, 6) is -1.17. The average molecular weight is 405 g/mol. The lowest BCUT2D eigenvalue weighted by Crippen LogP contribution is -2.33. The number of phenolic OH excluding ortho intramolecular Hbond substituents is 2. The number of primary amides is 1. The molecule has 1 amide bonds. The Bertz CT molecular complexity index is 1210. The largest absolute Gasteiger partial charge is 0.508 e. The SMILES string of the molecule is NC(=O)c1ccc2c(c1CO)C(=O)OC21c2ccc(O)cc2Oc2cc(O)ccc21. The Morgan fingerprint density at radius 2 is 1.50 bits per heavy atom. The van der Waals surface area contributed by atoms with Crippen LogP contribution in [0.1, 0.15) is 43.0 Å². The van der Waals surface area contributed by atoms with Crippen LogP contribution in [0.25, 0.3) is 0 Å². The molecule has 5 N–H and O–H groups in total. The fourth-order valence-electron chi connectivity index (χ4n) is 4.25. The van der Waals surface area contributed by atoms with Crippen molar-refractivity contribution >= 4 is 11.9 Å². The Morgan fingerprint density at radius 1 is 0.933 bits per heavy atom. The van der Waals surface area contributed by atoms with Crippen molar-refractivity contribution in [3.05, 3.63) is 81.9 Å². The summed E-state index contributed by atoms with van der Waals surface area (Å²) in [5, 5.41) is 29.7. The van der Waals surface area contributed by atoms with E-state index < -0.39 is 24.1 Å². The van der Waals surface area contributed by atoms with Gasteiger partial charge in [0.25, 0.3) is 0 Å². The van der Waals surface area contributed by atoms with Crippen molar-refractivity contribution in [2.24, 2.45) is 5.73 Å². The van der Waals surface area contributed by atoms with E-state index >= 15 is 0 Å². The van der Waals surface area contributed by atoms with E-state index in [-0.39, 0.29) is 39.7 Å². The molecular weight excluding hydrogens is 390 g/mol. The molecule has 0 radical (unpaired) electrons. The fraction of sp³-hybridized carbons (Fsp3) is 0.0909. The highest BCUT2D eigenvalue weighted by Gasteiger charge is 2.54. The van der Waals surface area contributed by atoms with Gasteiger partial charge in [0, 0.05) is 39.9 Å². The Balaban J connectivity index is 1.90. The van der Waals surface area contributed by atoms with Crippen LogP contribution in [-0.4, -0.2) is 27.2 Å². The second kappa shape index (κ2) is 5.98. The molecule has 0 atom stereocenters. The minimum atomic E-state index is -1.46. The molecule has 0 saturated heterocycles. The molecule has 3 aromatic carbocycles. The van der Waals surface area contributed by atoms with Gasteiger partial charge in [0.05, 0.1) is 12.2 Å². The summed E-state index contributed by atoms with van der Waals surface area (Å²) < 4.78 is 11.8. The van der Waals surface area contributed by atoms with E-state index in [4.69, 9.17) is 15.2 Å². The Morgan fingerprint density at radius 3 is 2.03 bits per heavy atom. The average Bonchev–Trinajstić information content (AvgIpc) is 3.00. The third kappa shape index (κ3) is 2.19. The summed E-state index contributed by atoms with van der Waals surface area (Å²) in [6.45, 7) is -0.589. The zero-order chi connectivity index (χ0) is 21.2. The van der Waals surface area contributed by atoms with Gasteiger partial charge in [0.1, 0.15) is 23.0 Å². The first-order chi connectivity index (χ1) is 14.4. The molecule has 1 spiro atoms. The van der Waals surface area contributed by atoms with E-state index in [1.54, 1.807) is 18.2 Å². The summed E-state index contributed by atoms with van der Waals surface area (Å²) in [7, 11) is 0. The van der Waals surface area contributed by atoms with Crippen LogP contribution >= 0.6 is 0 Å². The summed E-state index contributed by atoms with van der Waals surface area (Å²) in [6.07, 6.45) is 0. The van der Waals surface area contributed by atoms with Crippen LogP contribution in [0.2, 0.25) is 0 Å². The molecule has 8 heteroatoms. The zero-order valence-corrected chi connectivity index (χ0v) is 15.4. The number of hydrogen-bond acceptors (Lipinski definition) is 7. The molecule has 8 nitrogen and oxygen atoms in total. The quantitative estimate of drug-likeness (QED) is 0.480. The number of carbonyl (C=O) groups is 2. The number of aromatic hydroxyl groups is 2. The summed E-state index contributed by atoms with van der Waals surface area (Å²) >= 11 is 0. The molecule has 0 unspecified atom stereocenters. The number of rotatable bonds is 2. The van der Waals surface area contributed by atoms with Gasteiger partial charge in [-0.1, -0.05) is 6.07 Å². The van der Waals surface area contributed by atoms with Crippen LogP contribution in [0.3, 0.4) is 0 Å². The normalized spacial score (nSPS) is 15.0. The third-order valence-electron chi connectivity index (χ3n) is 5.47. The second-order valence-corrected chi connectivity index (χ2v) is 7.07. The van der Waals surface area contributed by atoms with Gasteiger partial charge in [0.2, 0.25) is 5.91 Å². The van der Waals surface area contributed by atoms with Crippen LogP contribution in [-0.2, 0) is 16.9 Å². The zero-order valence-electron chi connectivity index (χ0n) is 15.4. The van der Waals surface area contributed by atoms with Gasteiger partial charge in [-0.3, -0.25) is 4.79 Å². The standard InChI is InChI=1S/C22H15NO7/c23-20(27)12-3-6-16-19(13(12)9-24)21(28)30-22(16)14-4-1-10(25)7-17(14)29-18-8-11(26)2-5-15(18)22/h1-8,24-26H,9H2,(H2,23,27). The number of fused-ring (bicyclic) bond motifs is 6. The van der Waals surface area contributed by atoms with Crippen molar-refractivity contribution in [3.63, 3.8) is 0 Å². The number of aliphatic hydroxyl groups is 1. The number of carbonyl (C=O) groups excluding carboxylic acids is 2. The molecule has 0 aromatic heterocycles. The summed E-state index contributed by atoms with van der Waals surface area (Å²) in [5.41, 5.74) is 5.38. The summed E-state index contributed by atoms with van der Waals surface area (Å²) in [6, 6.07) is 11.8. The van der Waals surface area contributed by atoms with Crippen LogP contribution in [0, 0.1) is 0 Å². The van der Waals surface area contributed by atoms with Crippen molar-refractivity contribution < 1.29 is 34.4 Å². The van der Waals surface area contributed by atoms with Crippen molar-refractivity contribution in [1.29, 1.82) is 0 Å². The topological polar surface area (TPSA) is 139 Å². The predicted molar refractivity (Wildman–Crippen MR) is 102 cm³/mol. The maximum absolute atomic E-state index is 13.0. The highest BCUT2D eigenvalue weighted by atomic mass is 16.6. The molecule has 30 heavy (non-hydrogen) atoms. The predicted octanol–water partition coefficient (Wildman–Crippen LogP) is 2.26. The minimum absolute atomic E-state index is 0.0224. The number of benzene rings is 3. The minimum Gasteiger partial charge on any atom is -0.508 e. The molecule has 2 heterocycles. The van der Waals surface area contributed by atoms with E-state index in [2.05, 4.69) is 0 Å². The van der Waals surface area contributed by atoms with E-state index in [9.17, 15) is 24.9 Å². The Hall–Kier alpha value is -4.04. The Labute approximate surface area is 169 Å². The molecule has 0 fully saturated rings. The number of phenols is 2. The number of nitrogens with two attached hydrogens (primary N) is 1. The van der Waals surface area contributed by atoms with Crippen molar-refractivity contribution in [3.8, 4) is 23.0 Å². The number of hydrogen-bond donors (Lipinski definition) is 4. The van der Waals surface area contributed by atoms with Crippen molar-refractivity contribution in [1.82, 2.24) is 0 Å². The van der Waals surface area contributed by atoms with E-state index in [0.29, 0.717) is 16.7 Å². The molecule has 0 aliphatic carbocycles. The number of ether oxygens (including phenoxy) is 2. The first kappa shape index (κ1) is 18.0. The second-order valence-electron chi connectivity index (χ2n) is 7.07. The lowest BCUT2D eigenvalue weighted by Gasteiger charge is -2.36. The lowest BCUT2D eigenvalue weighted by atomic mass is 9.76. The van der Waals surface area contributed by atoms with Crippen LogP contribution in [0.15, 0.2) is 48.5 Å². The number of amides is 1. The molecule has 150 valence electrons. The molecule has 0 bridgehead atoms. The van der Waals surface area contributed by atoms with Gasteiger partial charge >= 0.3 is 5.97 Å². The maximum atomic E-state index is 13.0. The van der Waals surface area contributed by atoms with Gasteiger partial charge < -0.3 is 30.5 Å². The van der Waals surface area contributed by atoms with Gasteiger partial charge in [-0.25, -0.2) is 4.79 Å². The molecule has 2 aliphatic heterocycles. The maximum Gasteiger partial charge on any atom is 0.340 e. The van der Waals surface area contributed by atoms with Gasteiger partial charge in [0.15, 0.2) is 5.60 Å². The van der Waals surface area contributed by atoms with Gasteiger partial charge in [-0.15, -0.1) is 0 Å². The van der Waals surface area contributed by atoms with Gasteiger partial charge in [-0.05, 0) is 30.3 Å². The molecule has 0 saturated carbocycles. The highest BCUT2D eigenvalue weighted by Crippen LogP contribution is 2.57. The highest BCUT2D eigenvalue weighted by molar-refractivity contribution is 6.03. The molecule has 5 rings (SSSR count). The Kier molecular flexibility index (Phi) is 3.59. The lowest BCUT2D eigenvalue weighted by molar-refractivity contribution is 0.0223. The monoisotopic (exact) mass is 405 g/mol. The van der Waals surface area contributed by atoms with E-state index in [1.807, 2.05) is 0 Å². The third-order valence-corrected chi connectivity index (χ3v) is 5.47. The van der Waals surface area contributed by atoms with Crippen LogP contribution in [0.5, 0.6) is 23.0 Å². The molecule has 2 aliphatic rings. The van der Waals surface area contributed by atoms with Crippen LogP contribution < -0.4 is 10.5 Å².